The fourth-order valence-electron chi connectivity index (χ4n) is 2.64. The van der Waals surface area contributed by atoms with Gasteiger partial charge < -0.3 is 19.1 Å². The number of hydrogen-bond acceptors (Lipinski definition) is 4. The number of nitrogens with zero attached hydrogens (tertiary/aromatic N) is 1. The number of ether oxygens (including phenoxy) is 3. The Morgan fingerprint density at radius 3 is 2.07 bits per heavy atom. The van der Waals surface area contributed by atoms with Crippen LogP contribution in [-0.4, -0.2) is 39.2 Å². The summed E-state index contributed by atoms with van der Waals surface area (Å²) in [6, 6.07) is 9.44. The van der Waals surface area contributed by atoms with Crippen molar-refractivity contribution in [1.29, 1.82) is 0 Å². The summed E-state index contributed by atoms with van der Waals surface area (Å²) >= 11 is 0. The van der Waals surface area contributed by atoms with Crippen molar-refractivity contribution in [2.75, 3.05) is 28.4 Å². The summed E-state index contributed by atoms with van der Waals surface area (Å²) in [4.78, 5) is 14.1. The summed E-state index contributed by atoms with van der Waals surface area (Å²) in [6.45, 7) is 1.89. The Kier molecular flexibility index (Phi) is 6.82. The molecule has 0 fully saturated rings. The Labute approximate surface area is 159 Å². The van der Waals surface area contributed by atoms with Gasteiger partial charge in [-0.3, -0.25) is 4.79 Å². The highest BCUT2D eigenvalue weighted by Crippen LogP contribution is 2.38. The maximum atomic E-state index is 13.1. The van der Waals surface area contributed by atoms with Crippen LogP contribution in [0, 0.1) is 5.82 Å². The zero-order chi connectivity index (χ0) is 20.0. The van der Waals surface area contributed by atoms with Gasteiger partial charge in [0.1, 0.15) is 5.82 Å². The van der Waals surface area contributed by atoms with Gasteiger partial charge in [0.05, 0.1) is 27.4 Å². The second kappa shape index (κ2) is 9.07. The summed E-state index contributed by atoms with van der Waals surface area (Å²) in [5.74, 6) is 1.03. The molecule has 0 saturated heterocycles. The fraction of sp³-hybridized carbons (Fsp3) is 0.286. The molecule has 0 N–H and O–H groups in total. The molecule has 27 heavy (non-hydrogen) atoms. The van der Waals surface area contributed by atoms with Crippen LogP contribution in [-0.2, 0) is 4.79 Å². The van der Waals surface area contributed by atoms with Crippen LogP contribution in [0.2, 0.25) is 0 Å². The van der Waals surface area contributed by atoms with Crippen molar-refractivity contribution in [3.05, 3.63) is 59.4 Å². The van der Waals surface area contributed by atoms with Crippen molar-refractivity contribution in [3.8, 4) is 17.2 Å². The van der Waals surface area contributed by atoms with Crippen LogP contribution in [0.5, 0.6) is 17.2 Å². The van der Waals surface area contributed by atoms with Crippen LogP contribution >= 0.6 is 0 Å². The number of carbonyl (C=O) groups is 1. The molecule has 144 valence electrons. The summed E-state index contributed by atoms with van der Waals surface area (Å²) in [5, 5.41) is 0. The molecule has 0 aliphatic heterocycles. The summed E-state index contributed by atoms with van der Waals surface area (Å²) in [5.41, 5.74) is 1.59. The van der Waals surface area contributed by atoms with E-state index in [-0.39, 0.29) is 17.8 Å². The van der Waals surface area contributed by atoms with Crippen LogP contribution in [0.1, 0.15) is 24.1 Å². The molecule has 0 radical (unpaired) electrons. The lowest BCUT2D eigenvalue weighted by molar-refractivity contribution is -0.126. The lowest BCUT2D eigenvalue weighted by Crippen LogP contribution is -2.27. The van der Waals surface area contributed by atoms with Crippen LogP contribution < -0.4 is 14.2 Å². The number of carbonyl (C=O) groups excluding carboxylic acids is 1. The molecule has 0 aliphatic carbocycles. The molecule has 1 amide bonds. The van der Waals surface area contributed by atoms with Crippen LogP contribution in [0.3, 0.4) is 0 Å². The Bertz CT molecular complexity index is 792. The fourth-order valence-corrected chi connectivity index (χ4v) is 2.64. The Hall–Kier alpha value is -3.02. The summed E-state index contributed by atoms with van der Waals surface area (Å²) in [6.07, 6.45) is 3.15. The number of benzene rings is 2. The SMILES string of the molecule is COc1cc(/C=C/C(=O)N(C)C(C)c2ccc(F)cc2)cc(OC)c1OC. The molecule has 2 aromatic carbocycles. The third kappa shape index (κ3) is 4.78. The normalized spacial score (nSPS) is 11.9. The van der Waals surface area contributed by atoms with E-state index in [1.54, 1.807) is 42.3 Å². The predicted molar refractivity (Wildman–Crippen MR) is 103 cm³/mol. The van der Waals surface area contributed by atoms with Crippen LogP contribution in [0.4, 0.5) is 4.39 Å². The number of rotatable bonds is 7. The molecule has 1 atom stereocenters. The number of halogens is 1. The van der Waals surface area contributed by atoms with Gasteiger partial charge in [0.2, 0.25) is 11.7 Å². The van der Waals surface area contributed by atoms with Gasteiger partial charge >= 0.3 is 0 Å². The molecule has 0 aliphatic rings. The number of likely N-dealkylation sites (N-methyl/N-ethyl adjacent to an activating group) is 1. The van der Waals surface area contributed by atoms with Crippen LogP contribution in [0.25, 0.3) is 6.08 Å². The van der Waals surface area contributed by atoms with E-state index < -0.39 is 0 Å². The highest BCUT2D eigenvalue weighted by atomic mass is 19.1. The standard InChI is InChI=1S/C21H24FNO4/c1-14(16-7-9-17(22)10-8-16)23(2)20(24)11-6-15-12-18(25-3)21(27-5)19(13-15)26-4/h6-14H,1-5H3/b11-6+. The van der Waals surface area contributed by atoms with Gasteiger partial charge in [0, 0.05) is 13.1 Å². The minimum absolute atomic E-state index is 0.180. The number of hydrogen-bond donors (Lipinski definition) is 0. The highest BCUT2D eigenvalue weighted by molar-refractivity contribution is 5.92. The molecular formula is C21H24FNO4. The van der Waals surface area contributed by atoms with Crippen molar-refractivity contribution in [3.63, 3.8) is 0 Å². The lowest BCUT2D eigenvalue weighted by Gasteiger charge is -2.24. The molecule has 2 rings (SSSR count). The van der Waals surface area contributed by atoms with Crippen molar-refractivity contribution in [2.45, 2.75) is 13.0 Å². The second-order valence-electron chi connectivity index (χ2n) is 5.97. The zero-order valence-electron chi connectivity index (χ0n) is 16.2. The molecule has 0 saturated carbocycles. The Morgan fingerprint density at radius 1 is 1.04 bits per heavy atom. The van der Waals surface area contributed by atoms with Gasteiger partial charge in [0.25, 0.3) is 0 Å². The maximum Gasteiger partial charge on any atom is 0.246 e. The average Bonchev–Trinajstić information content (AvgIpc) is 2.70. The van der Waals surface area contributed by atoms with E-state index in [1.807, 2.05) is 6.92 Å². The Morgan fingerprint density at radius 2 is 1.59 bits per heavy atom. The van der Waals surface area contributed by atoms with Gasteiger partial charge in [-0.05, 0) is 48.4 Å². The van der Waals surface area contributed by atoms with E-state index >= 15 is 0 Å². The van der Waals surface area contributed by atoms with Crippen molar-refractivity contribution in [1.82, 2.24) is 4.90 Å². The molecule has 6 heteroatoms. The van der Waals surface area contributed by atoms with E-state index in [0.717, 1.165) is 11.1 Å². The van der Waals surface area contributed by atoms with E-state index in [9.17, 15) is 9.18 Å². The first-order valence-corrected chi connectivity index (χ1v) is 8.41. The highest BCUT2D eigenvalue weighted by Gasteiger charge is 2.16. The third-order valence-electron chi connectivity index (χ3n) is 4.39. The molecular weight excluding hydrogens is 349 g/mol. The topological polar surface area (TPSA) is 48.0 Å². The third-order valence-corrected chi connectivity index (χ3v) is 4.39. The molecule has 0 bridgehead atoms. The molecule has 0 heterocycles. The molecule has 0 aromatic heterocycles. The molecule has 5 nitrogen and oxygen atoms in total. The predicted octanol–water partition coefficient (Wildman–Crippen LogP) is 4.08. The number of methoxy groups -OCH3 is 3. The first-order valence-electron chi connectivity index (χ1n) is 8.41. The zero-order valence-corrected chi connectivity index (χ0v) is 16.2. The van der Waals surface area contributed by atoms with Gasteiger partial charge in [-0.15, -0.1) is 0 Å². The first-order chi connectivity index (χ1) is 12.9. The van der Waals surface area contributed by atoms with E-state index in [2.05, 4.69) is 0 Å². The molecule has 2 aromatic rings. The van der Waals surface area contributed by atoms with Gasteiger partial charge in [-0.1, -0.05) is 12.1 Å². The molecule has 1 unspecified atom stereocenters. The summed E-state index contributed by atoms with van der Waals surface area (Å²) < 4.78 is 29.0. The average molecular weight is 373 g/mol. The first kappa shape index (κ1) is 20.3. The quantitative estimate of drug-likeness (QED) is 0.686. The van der Waals surface area contributed by atoms with Crippen molar-refractivity contribution < 1.29 is 23.4 Å². The van der Waals surface area contributed by atoms with E-state index in [1.165, 1.54) is 39.5 Å². The number of amides is 1. The van der Waals surface area contributed by atoms with Gasteiger partial charge in [-0.25, -0.2) is 4.39 Å². The minimum atomic E-state index is -0.303. The largest absolute Gasteiger partial charge is 0.493 e. The van der Waals surface area contributed by atoms with Crippen molar-refractivity contribution in [2.24, 2.45) is 0 Å². The van der Waals surface area contributed by atoms with E-state index in [4.69, 9.17) is 14.2 Å². The maximum absolute atomic E-state index is 13.1. The molecule has 0 spiro atoms. The lowest BCUT2D eigenvalue weighted by atomic mass is 10.1. The van der Waals surface area contributed by atoms with Crippen molar-refractivity contribution >= 4 is 12.0 Å². The van der Waals surface area contributed by atoms with E-state index in [0.29, 0.717) is 17.2 Å². The van der Waals surface area contributed by atoms with Gasteiger partial charge in [0.15, 0.2) is 11.5 Å². The second-order valence-corrected chi connectivity index (χ2v) is 5.97. The smallest absolute Gasteiger partial charge is 0.246 e. The van der Waals surface area contributed by atoms with Crippen LogP contribution in [0.15, 0.2) is 42.5 Å². The monoisotopic (exact) mass is 373 g/mol. The minimum Gasteiger partial charge on any atom is -0.493 e. The Balaban J connectivity index is 2.19. The summed E-state index contributed by atoms with van der Waals surface area (Å²) in [7, 11) is 6.31. The van der Waals surface area contributed by atoms with Gasteiger partial charge in [-0.2, -0.15) is 0 Å².